The van der Waals surface area contributed by atoms with Gasteiger partial charge in [0.15, 0.2) is 0 Å². The second-order valence-electron chi connectivity index (χ2n) is 4.64. The molecule has 0 N–H and O–H groups in total. The number of hydrogen-bond acceptors (Lipinski definition) is 2. The third-order valence-electron chi connectivity index (χ3n) is 2.69. The van der Waals surface area contributed by atoms with Crippen LogP contribution >= 0.6 is 0 Å². The van der Waals surface area contributed by atoms with Crippen LogP contribution in [0, 0.1) is 0 Å². The van der Waals surface area contributed by atoms with Gasteiger partial charge in [-0.2, -0.15) is 0 Å². The lowest BCUT2D eigenvalue weighted by Gasteiger charge is -2.23. The lowest BCUT2D eigenvalue weighted by atomic mass is 10.2. The summed E-state index contributed by atoms with van der Waals surface area (Å²) in [6.07, 6.45) is 5.21. The Bertz CT molecular complexity index is 173. The molecular weight excluding hydrogens is 200 g/mol. The highest BCUT2D eigenvalue weighted by Gasteiger charge is 2.12. The van der Waals surface area contributed by atoms with Gasteiger partial charge in [0, 0.05) is 26.1 Å². The van der Waals surface area contributed by atoms with E-state index in [-0.39, 0.29) is 0 Å². The van der Waals surface area contributed by atoms with Crippen LogP contribution < -0.4 is 0 Å². The highest BCUT2D eigenvalue weighted by atomic mass is 16.2. The van der Waals surface area contributed by atoms with Gasteiger partial charge < -0.3 is 9.80 Å². The third-order valence-corrected chi connectivity index (χ3v) is 2.69. The maximum atomic E-state index is 12.0. The van der Waals surface area contributed by atoms with Crippen LogP contribution in [0.25, 0.3) is 0 Å². The molecule has 0 aliphatic heterocycles. The summed E-state index contributed by atoms with van der Waals surface area (Å²) >= 11 is 0. The Morgan fingerprint density at radius 1 is 0.938 bits per heavy atom. The summed E-state index contributed by atoms with van der Waals surface area (Å²) in [7, 11) is 4.02. The number of rotatable bonds is 9. The Hall–Kier alpha value is -0.570. The van der Waals surface area contributed by atoms with Crippen LogP contribution in [0.4, 0.5) is 0 Å². The zero-order valence-electron chi connectivity index (χ0n) is 11.5. The number of hydrogen-bond donors (Lipinski definition) is 0. The molecule has 96 valence electrons. The topological polar surface area (TPSA) is 23.6 Å². The smallest absolute Gasteiger partial charge is 0.223 e. The molecule has 0 rings (SSSR count). The second kappa shape index (κ2) is 9.64. The van der Waals surface area contributed by atoms with Gasteiger partial charge in [-0.05, 0) is 26.9 Å². The van der Waals surface area contributed by atoms with Crippen molar-refractivity contribution in [3.63, 3.8) is 0 Å². The summed E-state index contributed by atoms with van der Waals surface area (Å²) < 4.78 is 0. The van der Waals surface area contributed by atoms with Crippen LogP contribution in [-0.4, -0.2) is 49.4 Å². The first-order valence-corrected chi connectivity index (χ1v) is 6.54. The van der Waals surface area contributed by atoms with Gasteiger partial charge in [-0.1, -0.05) is 26.7 Å². The Kier molecular flexibility index (Phi) is 9.30. The van der Waals surface area contributed by atoms with Gasteiger partial charge >= 0.3 is 0 Å². The van der Waals surface area contributed by atoms with Gasteiger partial charge in [-0.25, -0.2) is 0 Å². The zero-order valence-corrected chi connectivity index (χ0v) is 11.5. The van der Waals surface area contributed by atoms with Gasteiger partial charge in [0.2, 0.25) is 5.91 Å². The van der Waals surface area contributed by atoms with Crippen LogP contribution in [0.2, 0.25) is 0 Å². The molecule has 0 bridgehead atoms. The Balaban J connectivity index is 3.98. The quantitative estimate of drug-likeness (QED) is 0.605. The summed E-state index contributed by atoms with van der Waals surface area (Å²) in [6, 6.07) is 0. The summed E-state index contributed by atoms with van der Waals surface area (Å²) in [4.78, 5) is 16.1. The second-order valence-corrected chi connectivity index (χ2v) is 4.64. The van der Waals surface area contributed by atoms with E-state index in [1.165, 1.54) is 0 Å². The van der Waals surface area contributed by atoms with Crippen molar-refractivity contribution >= 4 is 5.91 Å². The molecule has 1 amide bonds. The van der Waals surface area contributed by atoms with E-state index in [0.717, 1.165) is 45.3 Å². The van der Waals surface area contributed by atoms with Crippen LogP contribution in [0.1, 0.15) is 46.0 Å². The normalized spacial score (nSPS) is 10.8. The minimum absolute atomic E-state index is 0.315. The molecule has 0 aromatic heterocycles. The molecular formula is C13H28N2O. The number of carbonyl (C=O) groups is 1. The van der Waals surface area contributed by atoms with Gasteiger partial charge in [-0.3, -0.25) is 4.79 Å². The van der Waals surface area contributed by atoms with E-state index >= 15 is 0 Å². The van der Waals surface area contributed by atoms with E-state index in [1.807, 2.05) is 19.0 Å². The fourth-order valence-corrected chi connectivity index (χ4v) is 1.54. The van der Waals surface area contributed by atoms with Gasteiger partial charge in [0.25, 0.3) is 0 Å². The first-order chi connectivity index (χ1) is 7.61. The van der Waals surface area contributed by atoms with Crippen LogP contribution in [0.15, 0.2) is 0 Å². The van der Waals surface area contributed by atoms with Crippen molar-refractivity contribution in [2.45, 2.75) is 46.0 Å². The summed E-state index contributed by atoms with van der Waals surface area (Å²) in [5.74, 6) is 0.315. The Labute approximate surface area is 101 Å². The van der Waals surface area contributed by atoms with E-state index in [9.17, 15) is 4.79 Å². The van der Waals surface area contributed by atoms with Gasteiger partial charge in [0.1, 0.15) is 0 Å². The molecule has 0 heterocycles. The highest BCUT2D eigenvalue weighted by Crippen LogP contribution is 2.02. The van der Waals surface area contributed by atoms with Crippen molar-refractivity contribution in [1.29, 1.82) is 0 Å². The molecule has 0 unspecified atom stereocenters. The molecule has 0 fully saturated rings. The highest BCUT2D eigenvalue weighted by molar-refractivity contribution is 5.76. The van der Waals surface area contributed by atoms with E-state index in [1.54, 1.807) is 0 Å². The maximum absolute atomic E-state index is 12.0. The van der Waals surface area contributed by atoms with Crippen molar-refractivity contribution in [3.05, 3.63) is 0 Å². The average molecular weight is 228 g/mol. The van der Waals surface area contributed by atoms with E-state index in [4.69, 9.17) is 0 Å². The first-order valence-electron chi connectivity index (χ1n) is 6.54. The molecule has 3 nitrogen and oxygen atoms in total. The number of amides is 1. The predicted octanol–water partition coefficient (Wildman–Crippen LogP) is 2.37. The van der Waals surface area contributed by atoms with Crippen LogP contribution in [0.3, 0.4) is 0 Å². The zero-order chi connectivity index (χ0) is 12.4. The summed E-state index contributed by atoms with van der Waals surface area (Å²) in [5, 5.41) is 0. The molecule has 16 heavy (non-hydrogen) atoms. The molecule has 0 saturated heterocycles. The minimum Gasteiger partial charge on any atom is -0.343 e. The largest absolute Gasteiger partial charge is 0.343 e. The van der Waals surface area contributed by atoms with E-state index in [2.05, 4.69) is 18.7 Å². The Morgan fingerprint density at radius 3 is 1.81 bits per heavy atom. The summed E-state index contributed by atoms with van der Waals surface area (Å²) in [6.45, 7) is 7.06. The first kappa shape index (κ1) is 15.4. The Morgan fingerprint density at radius 2 is 1.44 bits per heavy atom. The molecule has 0 aliphatic rings. The predicted molar refractivity (Wildman–Crippen MR) is 69.6 cm³/mol. The van der Waals surface area contributed by atoms with E-state index in [0.29, 0.717) is 12.3 Å². The van der Waals surface area contributed by atoms with Crippen molar-refractivity contribution in [2.75, 3.05) is 33.7 Å². The van der Waals surface area contributed by atoms with Crippen molar-refractivity contribution in [3.8, 4) is 0 Å². The monoisotopic (exact) mass is 228 g/mol. The fourth-order valence-electron chi connectivity index (χ4n) is 1.54. The molecule has 0 atom stereocenters. The molecule has 0 radical (unpaired) electrons. The van der Waals surface area contributed by atoms with Crippen LogP contribution in [0.5, 0.6) is 0 Å². The third kappa shape index (κ3) is 7.69. The minimum atomic E-state index is 0.315. The van der Waals surface area contributed by atoms with Crippen molar-refractivity contribution in [2.24, 2.45) is 0 Å². The van der Waals surface area contributed by atoms with Gasteiger partial charge in [-0.15, -0.1) is 0 Å². The molecule has 0 aliphatic carbocycles. The molecule has 0 aromatic rings. The van der Waals surface area contributed by atoms with Crippen molar-refractivity contribution in [1.82, 2.24) is 9.80 Å². The number of unbranched alkanes of at least 4 members (excludes halogenated alkanes) is 2. The average Bonchev–Trinajstić information content (AvgIpc) is 2.26. The maximum Gasteiger partial charge on any atom is 0.223 e. The fraction of sp³-hybridized carbons (Fsp3) is 0.923. The lowest BCUT2D eigenvalue weighted by Crippen LogP contribution is -2.34. The standard InChI is InChI=1S/C13H28N2O/c1-5-7-10-15(11-8-6-2)13(16)9-12-14(3)4/h5-12H2,1-4H3. The molecule has 0 spiro atoms. The van der Waals surface area contributed by atoms with E-state index < -0.39 is 0 Å². The van der Waals surface area contributed by atoms with Crippen molar-refractivity contribution < 1.29 is 4.79 Å². The number of nitrogens with zero attached hydrogens (tertiary/aromatic N) is 2. The molecule has 0 saturated carbocycles. The molecule has 0 aromatic carbocycles. The summed E-state index contributed by atoms with van der Waals surface area (Å²) in [5.41, 5.74) is 0. The number of carbonyl (C=O) groups excluding carboxylic acids is 1. The van der Waals surface area contributed by atoms with Gasteiger partial charge in [0.05, 0.1) is 0 Å². The SMILES string of the molecule is CCCCN(CCCC)C(=O)CCN(C)C. The lowest BCUT2D eigenvalue weighted by molar-refractivity contribution is -0.131. The van der Waals surface area contributed by atoms with Crippen LogP contribution in [-0.2, 0) is 4.79 Å². The molecule has 3 heteroatoms.